The summed E-state index contributed by atoms with van der Waals surface area (Å²) in [6, 6.07) is 0. The number of carbonyl (C=O) groups excluding carboxylic acids is 4. The van der Waals surface area contributed by atoms with E-state index in [4.69, 9.17) is 37.0 Å². The molecule has 3 N–H and O–H groups in total. The second kappa shape index (κ2) is 70.7. The zero-order chi connectivity index (χ0) is 72.8. The first-order valence-corrected chi connectivity index (χ1v) is 43.2. The Morgan fingerprint density at radius 2 is 0.596 bits per heavy atom. The van der Waals surface area contributed by atoms with Crippen molar-refractivity contribution in [3.05, 3.63) is 48.6 Å². The number of rotatable bonds is 75. The van der Waals surface area contributed by atoms with E-state index in [0.717, 1.165) is 140 Å². The second-order valence-corrected chi connectivity index (χ2v) is 31.1. The molecule has 0 saturated carbocycles. The second-order valence-electron chi connectivity index (χ2n) is 28.2. The maximum Gasteiger partial charge on any atom is 0.472 e. The third-order valence-corrected chi connectivity index (χ3v) is 19.7. The molecule has 0 fully saturated rings. The van der Waals surface area contributed by atoms with Gasteiger partial charge in [-0.15, -0.1) is 0 Å². The first-order valence-electron chi connectivity index (χ1n) is 40.2. The Labute approximate surface area is 604 Å². The summed E-state index contributed by atoms with van der Waals surface area (Å²) in [5.74, 6) is -0.608. The van der Waals surface area contributed by atoms with Crippen molar-refractivity contribution in [3.8, 4) is 0 Å². The highest BCUT2D eigenvalue weighted by atomic mass is 31.2. The Bertz CT molecular complexity index is 2100. The number of carbonyl (C=O) groups is 4. The van der Waals surface area contributed by atoms with Crippen molar-refractivity contribution >= 4 is 39.5 Å². The Morgan fingerprint density at radius 3 is 0.899 bits per heavy atom. The minimum absolute atomic E-state index is 0.0821. The standard InChI is InChI=1S/C80H148O17P2/c1-7-10-12-14-16-18-20-22-24-29-33-37-44-50-56-62-77(82)90-68-75(96-79(84)65-59-53-47-39-35-31-27-26-28-32-36-43-49-55-61-73(6)9-3)70-94-98(86,87)92-66-74(81)67-93-99(88,89)95-71-76(69-91-78(83)63-57-51-45-41-40-42-48-54-60-72(4)5)97-80(85)64-58-52-46-38-34-30-25-23-21-19-17-15-13-11-8-2/h18-25,72-76,81H,7-17,26-71H2,1-6H3,(H,86,87)(H,88,89)/b20-18-,21-19-,24-22-,25-23-/t73?,74-,75-,76-/m1/s1. The number of aliphatic hydroxyl groups excluding tert-OH is 1. The molecular weight excluding hydrogens is 1290 g/mol. The molecule has 0 rings (SSSR count). The van der Waals surface area contributed by atoms with Crippen molar-refractivity contribution in [3.63, 3.8) is 0 Å². The normalized spacial score (nSPS) is 14.5. The topological polar surface area (TPSA) is 237 Å². The average Bonchev–Trinajstić information content (AvgIpc) is 1.03. The number of hydrogen-bond donors (Lipinski definition) is 3. The van der Waals surface area contributed by atoms with Gasteiger partial charge in [-0.1, -0.05) is 315 Å². The van der Waals surface area contributed by atoms with Gasteiger partial charge in [0.2, 0.25) is 0 Å². The molecule has 19 heteroatoms. The van der Waals surface area contributed by atoms with Gasteiger partial charge in [0.15, 0.2) is 12.2 Å². The van der Waals surface area contributed by atoms with Crippen LogP contribution in [0.15, 0.2) is 48.6 Å². The van der Waals surface area contributed by atoms with E-state index in [1.54, 1.807) is 0 Å². The van der Waals surface area contributed by atoms with Gasteiger partial charge in [-0.2, -0.15) is 0 Å². The van der Waals surface area contributed by atoms with Gasteiger partial charge < -0.3 is 33.8 Å². The summed E-state index contributed by atoms with van der Waals surface area (Å²) in [6.07, 6.45) is 65.3. The molecule has 3 unspecified atom stereocenters. The summed E-state index contributed by atoms with van der Waals surface area (Å²) in [5.41, 5.74) is 0. The van der Waals surface area contributed by atoms with Crippen molar-refractivity contribution in [1.82, 2.24) is 0 Å². The summed E-state index contributed by atoms with van der Waals surface area (Å²) >= 11 is 0. The lowest BCUT2D eigenvalue weighted by Crippen LogP contribution is -2.30. The molecule has 0 heterocycles. The SMILES string of the molecule is CCCCCC/C=C\C=C/CCCCCCCC(=O)OC[C@H](COP(=O)(O)OC[C@@H](O)COP(=O)(O)OC[C@@H](COC(=O)CCCCCCCCCCC(C)C)OC(=O)CCCCCCC/C=C\C=C/CCCCCC)OC(=O)CCCCCCCCCCCCCCCCC(C)CC. The number of esters is 4. The van der Waals surface area contributed by atoms with Crippen LogP contribution in [-0.4, -0.2) is 96.7 Å². The predicted octanol–water partition coefficient (Wildman–Crippen LogP) is 23.0. The van der Waals surface area contributed by atoms with Gasteiger partial charge in [0, 0.05) is 25.7 Å². The third kappa shape index (κ3) is 71.8. The van der Waals surface area contributed by atoms with Crippen molar-refractivity contribution in [1.29, 1.82) is 0 Å². The van der Waals surface area contributed by atoms with Gasteiger partial charge in [0.05, 0.1) is 26.4 Å². The maximum atomic E-state index is 13.1. The number of aliphatic hydroxyl groups is 1. The van der Waals surface area contributed by atoms with Crippen molar-refractivity contribution in [2.75, 3.05) is 39.6 Å². The maximum absolute atomic E-state index is 13.1. The van der Waals surface area contributed by atoms with Crippen LogP contribution in [0.2, 0.25) is 0 Å². The molecule has 0 aliphatic heterocycles. The molecule has 0 aromatic rings. The number of unbranched alkanes of at least 4 members (excludes halogenated alkanes) is 38. The van der Waals surface area contributed by atoms with Crippen molar-refractivity contribution < 1.29 is 80.2 Å². The fraction of sp³-hybridized carbons (Fsp3) is 0.850. The number of allylic oxidation sites excluding steroid dienone is 8. The fourth-order valence-electron chi connectivity index (χ4n) is 11.2. The summed E-state index contributed by atoms with van der Waals surface area (Å²) in [4.78, 5) is 72.9. The van der Waals surface area contributed by atoms with E-state index in [2.05, 4.69) is 90.2 Å². The van der Waals surface area contributed by atoms with Gasteiger partial charge >= 0.3 is 39.5 Å². The zero-order valence-corrected chi connectivity index (χ0v) is 65.6. The lowest BCUT2D eigenvalue weighted by Gasteiger charge is -2.21. The number of ether oxygens (including phenoxy) is 4. The van der Waals surface area contributed by atoms with E-state index < -0.39 is 97.5 Å². The van der Waals surface area contributed by atoms with Crippen molar-refractivity contribution in [2.45, 2.75) is 387 Å². The minimum Gasteiger partial charge on any atom is -0.462 e. The van der Waals surface area contributed by atoms with Crippen LogP contribution < -0.4 is 0 Å². The molecule has 0 spiro atoms. The molecule has 0 radical (unpaired) electrons. The fourth-order valence-corrected chi connectivity index (χ4v) is 12.8. The largest absolute Gasteiger partial charge is 0.472 e. The molecule has 6 atom stereocenters. The van der Waals surface area contributed by atoms with E-state index in [0.29, 0.717) is 25.7 Å². The van der Waals surface area contributed by atoms with Crippen LogP contribution >= 0.6 is 15.6 Å². The summed E-state index contributed by atoms with van der Waals surface area (Å²) in [5, 5.41) is 10.6. The van der Waals surface area contributed by atoms with Crippen molar-refractivity contribution in [2.24, 2.45) is 11.8 Å². The van der Waals surface area contributed by atoms with E-state index in [1.807, 2.05) is 0 Å². The highest BCUT2D eigenvalue weighted by Crippen LogP contribution is 2.45. The molecule has 0 saturated heterocycles. The molecule has 580 valence electrons. The molecular formula is C80H148O17P2. The Hall–Kier alpha value is -2.98. The van der Waals surface area contributed by atoms with Crippen LogP contribution in [0.1, 0.15) is 369 Å². The van der Waals surface area contributed by atoms with Gasteiger partial charge in [-0.05, 0) is 88.9 Å². The first-order chi connectivity index (χ1) is 47.9. The molecule has 99 heavy (non-hydrogen) atoms. The highest BCUT2D eigenvalue weighted by Gasteiger charge is 2.30. The minimum atomic E-state index is -4.97. The van der Waals surface area contributed by atoms with Crippen LogP contribution in [0, 0.1) is 11.8 Å². The van der Waals surface area contributed by atoms with Gasteiger partial charge in [0.1, 0.15) is 19.3 Å². The molecule has 17 nitrogen and oxygen atoms in total. The quantitative estimate of drug-likeness (QED) is 0.0169. The molecule has 0 bridgehead atoms. The molecule has 0 amide bonds. The Kier molecular flexibility index (Phi) is 68.5. The highest BCUT2D eigenvalue weighted by molar-refractivity contribution is 7.47. The van der Waals surface area contributed by atoms with Crippen LogP contribution in [0.25, 0.3) is 0 Å². The molecule has 0 aliphatic carbocycles. The summed E-state index contributed by atoms with van der Waals surface area (Å²) in [6.45, 7) is 9.50. The van der Waals surface area contributed by atoms with E-state index >= 15 is 0 Å². The number of phosphoric acid groups is 2. The van der Waals surface area contributed by atoms with Gasteiger partial charge in [-0.25, -0.2) is 9.13 Å². The van der Waals surface area contributed by atoms with Gasteiger partial charge in [0.25, 0.3) is 0 Å². The Balaban J connectivity index is 5.33. The lowest BCUT2D eigenvalue weighted by atomic mass is 9.99. The van der Waals surface area contributed by atoms with Gasteiger partial charge in [-0.3, -0.25) is 37.3 Å². The summed E-state index contributed by atoms with van der Waals surface area (Å²) in [7, 11) is -9.94. The smallest absolute Gasteiger partial charge is 0.462 e. The summed E-state index contributed by atoms with van der Waals surface area (Å²) < 4.78 is 68.6. The Morgan fingerprint density at radius 1 is 0.333 bits per heavy atom. The predicted molar refractivity (Wildman–Crippen MR) is 404 cm³/mol. The van der Waals surface area contributed by atoms with E-state index in [-0.39, 0.29) is 25.7 Å². The van der Waals surface area contributed by atoms with Crippen LogP contribution in [0.5, 0.6) is 0 Å². The molecule has 0 aromatic carbocycles. The number of phosphoric ester groups is 2. The van der Waals surface area contributed by atoms with Crippen LogP contribution in [0.4, 0.5) is 0 Å². The number of hydrogen-bond acceptors (Lipinski definition) is 15. The van der Waals surface area contributed by atoms with E-state index in [9.17, 15) is 43.2 Å². The van der Waals surface area contributed by atoms with Crippen LogP contribution in [-0.2, 0) is 65.4 Å². The average molecular weight is 1440 g/mol. The zero-order valence-electron chi connectivity index (χ0n) is 63.8. The van der Waals surface area contributed by atoms with E-state index in [1.165, 1.54) is 148 Å². The molecule has 0 aliphatic rings. The molecule has 0 aromatic heterocycles. The van der Waals surface area contributed by atoms with Crippen LogP contribution in [0.3, 0.4) is 0 Å². The first kappa shape index (κ1) is 96.0. The monoisotopic (exact) mass is 1440 g/mol. The lowest BCUT2D eigenvalue weighted by molar-refractivity contribution is -0.161. The third-order valence-electron chi connectivity index (χ3n) is 17.8.